The van der Waals surface area contributed by atoms with E-state index >= 15 is 0 Å². The van der Waals surface area contributed by atoms with E-state index in [-0.39, 0.29) is 0 Å². The molecule has 0 aliphatic rings. The van der Waals surface area contributed by atoms with Gasteiger partial charge in [0.2, 0.25) is 0 Å². The molecule has 1 N–H and O–H groups in total. The number of aromatic nitrogens is 1. The third kappa shape index (κ3) is 3.55. The van der Waals surface area contributed by atoms with Crippen molar-refractivity contribution in [3.05, 3.63) is 34.2 Å². The maximum atomic E-state index is 5.41. The molecule has 0 unspecified atom stereocenters. The first-order valence-electron chi connectivity index (χ1n) is 6.54. The minimum Gasteiger partial charge on any atom is -0.496 e. The molecule has 2 aromatic rings. The highest BCUT2D eigenvalue weighted by atomic mass is 32.1. The van der Waals surface area contributed by atoms with Crippen LogP contribution in [0.25, 0.3) is 11.3 Å². The molecule has 19 heavy (non-hydrogen) atoms. The van der Waals surface area contributed by atoms with Crippen molar-refractivity contribution in [1.82, 2.24) is 10.3 Å². The Morgan fingerprint density at radius 2 is 2.21 bits per heavy atom. The van der Waals surface area contributed by atoms with Crippen LogP contribution in [0, 0.1) is 6.92 Å². The lowest BCUT2D eigenvalue weighted by atomic mass is 10.1. The highest BCUT2D eigenvalue weighted by Crippen LogP contribution is 2.31. The molecule has 0 atom stereocenters. The average Bonchev–Trinajstić information content (AvgIpc) is 2.88. The van der Waals surface area contributed by atoms with Gasteiger partial charge >= 0.3 is 0 Å². The summed E-state index contributed by atoms with van der Waals surface area (Å²) in [5, 5.41) is 6.59. The van der Waals surface area contributed by atoms with Crippen molar-refractivity contribution >= 4 is 11.3 Å². The number of rotatable bonds is 6. The van der Waals surface area contributed by atoms with E-state index in [4.69, 9.17) is 4.74 Å². The highest BCUT2D eigenvalue weighted by molar-refractivity contribution is 7.09. The molecule has 0 saturated heterocycles. The van der Waals surface area contributed by atoms with Crippen LogP contribution in [0.5, 0.6) is 5.75 Å². The zero-order chi connectivity index (χ0) is 13.7. The van der Waals surface area contributed by atoms with E-state index in [1.54, 1.807) is 18.4 Å². The van der Waals surface area contributed by atoms with Gasteiger partial charge in [0, 0.05) is 17.5 Å². The van der Waals surface area contributed by atoms with Gasteiger partial charge in [0.25, 0.3) is 0 Å². The number of nitrogens with zero attached hydrogens (tertiary/aromatic N) is 1. The molecule has 4 heteroatoms. The molecule has 0 radical (unpaired) electrons. The summed E-state index contributed by atoms with van der Waals surface area (Å²) in [7, 11) is 1.70. The van der Waals surface area contributed by atoms with Crippen LogP contribution < -0.4 is 10.1 Å². The first-order chi connectivity index (χ1) is 9.24. The largest absolute Gasteiger partial charge is 0.496 e. The molecule has 3 nitrogen and oxygen atoms in total. The number of methoxy groups -OCH3 is 1. The van der Waals surface area contributed by atoms with E-state index in [0.717, 1.165) is 41.5 Å². The molecule has 1 aromatic heterocycles. The van der Waals surface area contributed by atoms with Crippen molar-refractivity contribution in [2.75, 3.05) is 13.7 Å². The smallest absolute Gasteiger partial charge is 0.128 e. The molecule has 1 aromatic carbocycles. The van der Waals surface area contributed by atoms with E-state index < -0.39 is 0 Å². The summed E-state index contributed by atoms with van der Waals surface area (Å²) in [6.45, 7) is 6.12. The Labute approximate surface area is 118 Å². The summed E-state index contributed by atoms with van der Waals surface area (Å²) in [5.41, 5.74) is 3.29. The number of benzene rings is 1. The molecule has 0 aliphatic carbocycles. The third-order valence-corrected chi connectivity index (χ3v) is 3.73. The topological polar surface area (TPSA) is 34.2 Å². The van der Waals surface area contributed by atoms with Gasteiger partial charge in [-0.05, 0) is 32.0 Å². The molecule has 0 aliphatic heterocycles. The molecule has 0 fully saturated rings. The molecule has 0 amide bonds. The lowest BCUT2D eigenvalue weighted by molar-refractivity contribution is 0.416. The second-order valence-corrected chi connectivity index (χ2v) is 5.45. The van der Waals surface area contributed by atoms with Crippen molar-refractivity contribution < 1.29 is 4.74 Å². The van der Waals surface area contributed by atoms with Gasteiger partial charge in [-0.1, -0.05) is 18.6 Å². The number of thiazole rings is 1. The zero-order valence-electron chi connectivity index (χ0n) is 11.7. The molecular weight excluding hydrogens is 256 g/mol. The first-order valence-corrected chi connectivity index (χ1v) is 7.42. The molecule has 102 valence electrons. The summed E-state index contributed by atoms with van der Waals surface area (Å²) < 4.78 is 5.41. The highest BCUT2D eigenvalue weighted by Gasteiger charge is 2.10. The van der Waals surface area contributed by atoms with Crippen molar-refractivity contribution in [2.45, 2.75) is 26.8 Å². The fourth-order valence-corrected chi connectivity index (χ4v) is 2.67. The summed E-state index contributed by atoms with van der Waals surface area (Å²) in [6.07, 6.45) is 1.14. The normalized spacial score (nSPS) is 10.7. The predicted molar refractivity (Wildman–Crippen MR) is 80.8 cm³/mol. The molecule has 0 bridgehead atoms. The standard InChI is InChI=1S/C15H20N2OS/c1-4-7-16-9-15-17-13(10-19-15)12-8-11(2)5-6-14(12)18-3/h5-6,8,10,16H,4,7,9H2,1-3H3. The molecule has 1 heterocycles. The maximum Gasteiger partial charge on any atom is 0.128 e. The predicted octanol–water partition coefficient (Wildman–Crippen LogP) is 3.63. The quantitative estimate of drug-likeness (QED) is 0.818. The Morgan fingerprint density at radius 3 is 2.95 bits per heavy atom. The van der Waals surface area contributed by atoms with Crippen LogP contribution >= 0.6 is 11.3 Å². The summed E-state index contributed by atoms with van der Waals surface area (Å²) in [5.74, 6) is 0.879. The van der Waals surface area contributed by atoms with Gasteiger partial charge in [0.15, 0.2) is 0 Å². The Bertz CT molecular complexity index is 537. The monoisotopic (exact) mass is 276 g/mol. The third-order valence-electron chi connectivity index (χ3n) is 2.89. The number of ether oxygens (including phenoxy) is 1. The lowest BCUT2D eigenvalue weighted by Gasteiger charge is -2.07. The minimum absolute atomic E-state index is 0.840. The van der Waals surface area contributed by atoms with Gasteiger partial charge in [-0.2, -0.15) is 0 Å². The average molecular weight is 276 g/mol. The summed E-state index contributed by atoms with van der Waals surface area (Å²) in [4.78, 5) is 4.68. The van der Waals surface area contributed by atoms with E-state index in [2.05, 4.69) is 41.7 Å². The van der Waals surface area contributed by atoms with E-state index in [1.807, 2.05) is 6.07 Å². The van der Waals surface area contributed by atoms with Crippen LogP contribution in [-0.2, 0) is 6.54 Å². The van der Waals surface area contributed by atoms with Crippen LogP contribution in [0.1, 0.15) is 23.9 Å². The fraction of sp³-hybridized carbons (Fsp3) is 0.400. The Kier molecular flexibility index (Phi) is 4.93. The van der Waals surface area contributed by atoms with Gasteiger partial charge in [0.05, 0.1) is 12.8 Å². The SMILES string of the molecule is CCCNCc1nc(-c2cc(C)ccc2OC)cs1. The Hall–Kier alpha value is -1.39. The fourth-order valence-electron chi connectivity index (χ4n) is 1.91. The molecule has 2 rings (SSSR count). The van der Waals surface area contributed by atoms with Crippen LogP contribution in [0.4, 0.5) is 0 Å². The van der Waals surface area contributed by atoms with Gasteiger partial charge in [-0.3, -0.25) is 0 Å². The molecule has 0 saturated carbocycles. The van der Waals surface area contributed by atoms with Crippen molar-refractivity contribution in [3.8, 4) is 17.0 Å². The van der Waals surface area contributed by atoms with Crippen molar-refractivity contribution in [2.24, 2.45) is 0 Å². The Balaban J connectivity index is 2.20. The van der Waals surface area contributed by atoms with E-state index in [9.17, 15) is 0 Å². The van der Waals surface area contributed by atoms with Crippen molar-refractivity contribution in [1.29, 1.82) is 0 Å². The minimum atomic E-state index is 0.840. The lowest BCUT2D eigenvalue weighted by Crippen LogP contribution is -2.13. The summed E-state index contributed by atoms with van der Waals surface area (Å²) in [6, 6.07) is 6.18. The van der Waals surface area contributed by atoms with Crippen LogP contribution in [0.3, 0.4) is 0 Å². The number of aryl methyl sites for hydroxylation is 1. The second-order valence-electron chi connectivity index (χ2n) is 4.51. The number of hydrogen-bond donors (Lipinski definition) is 1. The number of hydrogen-bond acceptors (Lipinski definition) is 4. The first kappa shape index (κ1) is 14.0. The van der Waals surface area contributed by atoms with Gasteiger partial charge in [0.1, 0.15) is 10.8 Å². The maximum absolute atomic E-state index is 5.41. The van der Waals surface area contributed by atoms with Crippen LogP contribution in [0.2, 0.25) is 0 Å². The van der Waals surface area contributed by atoms with Gasteiger partial charge in [-0.25, -0.2) is 4.98 Å². The van der Waals surface area contributed by atoms with Gasteiger partial charge < -0.3 is 10.1 Å². The Morgan fingerprint density at radius 1 is 1.37 bits per heavy atom. The summed E-state index contributed by atoms with van der Waals surface area (Å²) >= 11 is 1.69. The second kappa shape index (κ2) is 6.68. The molecular formula is C15H20N2OS. The van der Waals surface area contributed by atoms with Crippen LogP contribution in [-0.4, -0.2) is 18.6 Å². The van der Waals surface area contributed by atoms with E-state index in [0.29, 0.717) is 0 Å². The van der Waals surface area contributed by atoms with Gasteiger partial charge in [-0.15, -0.1) is 11.3 Å². The van der Waals surface area contributed by atoms with Crippen molar-refractivity contribution in [3.63, 3.8) is 0 Å². The number of nitrogens with one attached hydrogen (secondary N) is 1. The van der Waals surface area contributed by atoms with E-state index in [1.165, 1.54) is 5.56 Å². The van der Waals surface area contributed by atoms with Crippen LogP contribution in [0.15, 0.2) is 23.6 Å². The zero-order valence-corrected chi connectivity index (χ0v) is 12.5. The molecule has 0 spiro atoms.